The van der Waals surface area contributed by atoms with Crippen LogP contribution in [0.4, 0.5) is 0 Å². The number of hydrogen-bond acceptors (Lipinski definition) is 3. The molecule has 0 bridgehead atoms. The topological polar surface area (TPSA) is 83.2 Å². The number of alkyl halides is 3. The van der Waals surface area contributed by atoms with Crippen LogP contribution in [0.1, 0.15) is 15.9 Å². The monoisotopic (exact) mass is 460 g/mol. The van der Waals surface area contributed by atoms with E-state index in [9.17, 15) is 13.6 Å². The number of primary amides is 1. The number of benzene rings is 1. The van der Waals surface area contributed by atoms with E-state index >= 15 is 0 Å². The van der Waals surface area contributed by atoms with E-state index < -0.39 is 24.4 Å². The first kappa shape index (κ1) is 16.3. The summed E-state index contributed by atoms with van der Waals surface area (Å²) in [5, 5.41) is -0.711. The minimum Gasteiger partial charge on any atom is -0.772 e. The summed E-state index contributed by atoms with van der Waals surface area (Å²) in [5.41, 5.74) is 6.30. The molecule has 0 saturated heterocycles. The molecule has 2 unspecified atom stereocenters. The molecule has 0 aliphatic rings. The Morgan fingerprint density at radius 1 is 1.33 bits per heavy atom. The van der Waals surface area contributed by atoms with Crippen molar-refractivity contribution in [3.8, 4) is 0 Å². The first-order chi connectivity index (χ1) is 8.21. The minimum absolute atomic E-state index is 0.289. The van der Waals surface area contributed by atoms with Gasteiger partial charge in [0, 0.05) is 5.56 Å². The van der Waals surface area contributed by atoms with Crippen LogP contribution in [0, 0.1) is 0 Å². The molecule has 0 saturated carbocycles. The van der Waals surface area contributed by atoms with E-state index in [1.54, 1.807) is 24.3 Å². The fourth-order valence-electron chi connectivity index (χ4n) is 1.31. The number of carbonyl (C=O) groups is 1. The Kier molecular flexibility index (Phi) is 5.98. The summed E-state index contributed by atoms with van der Waals surface area (Å²) >= 11 is 7.35. The van der Waals surface area contributed by atoms with Crippen molar-refractivity contribution in [1.29, 1.82) is 0 Å². The van der Waals surface area contributed by atoms with Gasteiger partial charge in [-0.1, -0.05) is 59.9 Å². The maximum atomic E-state index is 11.2. The summed E-state index contributed by atoms with van der Waals surface area (Å²) in [4.78, 5) is 10.9. The molecule has 2 N–H and O–H groups in total. The molecule has 18 heavy (non-hydrogen) atoms. The third-order valence-electron chi connectivity index (χ3n) is 2.26. The summed E-state index contributed by atoms with van der Waals surface area (Å²) in [5.74, 6) is -0.513. The van der Waals surface area contributed by atoms with Crippen LogP contribution < -0.4 is 5.73 Å². The van der Waals surface area contributed by atoms with Crippen molar-refractivity contribution in [2.75, 3.05) is 0 Å². The molecule has 0 spiro atoms. The molecule has 1 rings (SSSR count). The van der Waals surface area contributed by atoms with Crippen molar-refractivity contribution in [2.45, 2.75) is 13.8 Å². The van der Waals surface area contributed by atoms with Crippen molar-refractivity contribution in [3.63, 3.8) is 0 Å². The van der Waals surface area contributed by atoms with E-state index in [-0.39, 0.29) is 6.42 Å². The molecule has 8 heteroatoms. The Bertz CT molecular complexity index is 458. The summed E-state index contributed by atoms with van der Waals surface area (Å²) in [6, 6.07) is 6.50. The van der Waals surface area contributed by atoms with Crippen molar-refractivity contribution < 1.29 is 13.6 Å². The van der Waals surface area contributed by atoms with Gasteiger partial charge in [-0.3, -0.25) is 9.00 Å². The van der Waals surface area contributed by atoms with E-state index in [0.29, 0.717) is 5.56 Å². The van der Waals surface area contributed by atoms with Crippen molar-refractivity contribution >= 4 is 64.8 Å². The Balaban J connectivity index is 2.89. The summed E-state index contributed by atoms with van der Waals surface area (Å²) in [6.45, 7) is 0. The highest BCUT2D eigenvalue weighted by molar-refractivity contribution is 9.39. The highest BCUT2D eigenvalue weighted by Crippen LogP contribution is 2.40. The minimum atomic E-state index is -2.27. The van der Waals surface area contributed by atoms with Gasteiger partial charge in [-0.2, -0.15) is 0 Å². The van der Waals surface area contributed by atoms with Crippen LogP contribution in [0.3, 0.4) is 0 Å². The lowest BCUT2D eigenvalue weighted by Gasteiger charge is -2.27. The van der Waals surface area contributed by atoms with Crippen LogP contribution >= 0.6 is 47.8 Å². The first-order valence-corrected chi connectivity index (χ1v) is 8.27. The quantitative estimate of drug-likeness (QED) is 0.551. The number of halogens is 3. The second kappa shape index (κ2) is 6.60. The van der Waals surface area contributed by atoms with E-state index in [1.165, 1.54) is 0 Å². The van der Waals surface area contributed by atoms with Gasteiger partial charge in [-0.05, 0) is 35.2 Å². The highest BCUT2D eigenvalue weighted by Gasteiger charge is 2.31. The van der Waals surface area contributed by atoms with E-state index in [0.717, 1.165) is 5.56 Å². The van der Waals surface area contributed by atoms with Crippen LogP contribution in [0.15, 0.2) is 24.3 Å². The maximum absolute atomic E-state index is 11.2. The lowest BCUT2D eigenvalue weighted by molar-refractivity contribution is 0.100. The molecule has 1 aromatic carbocycles. The summed E-state index contributed by atoms with van der Waals surface area (Å²) in [6.07, 6.45) is 0.289. The molecular weight excluding hydrogens is 454 g/mol. The number of rotatable bonds is 4. The molecule has 4 nitrogen and oxygen atoms in total. The molecule has 0 fully saturated rings. The van der Waals surface area contributed by atoms with Gasteiger partial charge in [-0.25, -0.2) is 0 Å². The number of carbonyl (C=O) groups excluding carboxylic acids is 1. The Morgan fingerprint density at radius 2 is 1.83 bits per heavy atom. The highest BCUT2D eigenvalue weighted by atomic mass is 80.0. The average Bonchev–Trinajstić information content (AvgIpc) is 2.24. The lowest BCUT2D eigenvalue weighted by atomic mass is 10.1. The molecule has 0 aliphatic heterocycles. The largest absolute Gasteiger partial charge is 0.772 e. The molecule has 0 radical (unpaired) electrons. The van der Waals surface area contributed by atoms with E-state index in [1.807, 2.05) is 0 Å². The maximum Gasteiger partial charge on any atom is 0.248 e. The SMILES string of the molecule is NC(=O)c1ccc(CC(S(=O)[O-])C(Br)(Br)Br)cc1. The molecule has 0 aromatic heterocycles. The van der Waals surface area contributed by atoms with Gasteiger partial charge in [0.1, 0.15) is 2.14 Å². The third kappa shape index (κ3) is 4.73. The van der Waals surface area contributed by atoms with Gasteiger partial charge in [0.25, 0.3) is 0 Å². The van der Waals surface area contributed by atoms with E-state index in [4.69, 9.17) is 5.73 Å². The summed E-state index contributed by atoms with van der Waals surface area (Å²) in [7, 11) is 0. The van der Waals surface area contributed by atoms with Crippen molar-refractivity contribution in [3.05, 3.63) is 35.4 Å². The summed E-state index contributed by atoms with van der Waals surface area (Å²) < 4.78 is 21.4. The zero-order valence-corrected chi connectivity index (χ0v) is 14.5. The zero-order chi connectivity index (χ0) is 13.9. The number of nitrogens with two attached hydrogens (primary N) is 1. The van der Waals surface area contributed by atoms with Gasteiger partial charge in [0.05, 0.1) is 5.25 Å². The smallest absolute Gasteiger partial charge is 0.248 e. The van der Waals surface area contributed by atoms with Crippen LogP contribution in [0.5, 0.6) is 0 Å². The standard InChI is InChI=1S/C10H10Br3NO3S/c11-10(12,13)8(18(16)17)5-6-1-3-7(4-2-6)9(14)15/h1-4,8H,5H2,(H2,14,15)(H,16,17)/p-1. The molecule has 2 atom stereocenters. The van der Waals surface area contributed by atoms with Gasteiger partial charge in [0.15, 0.2) is 0 Å². The fourth-order valence-corrected chi connectivity index (χ4v) is 3.72. The molecule has 0 aliphatic carbocycles. The van der Waals surface area contributed by atoms with Crippen molar-refractivity contribution in [2.24, 2.45) is 5.73 Å². The van der Waals surface area contributed by atoms with Crippen molar-refractivity contribution in [1.82, 2.24) is 0 Å². The number of amides is 1. The molecular formula is C10H9Br3NO3S-. The number of hydrogen-bond donors (Lipinski definition) is 1. The first-order valence-electron chi connectivity index (χ1n) is 4.75. The van der Waals surface area contributed by atoms with Crippen LogP contribution in [-0.4, -0.2) is 22.1 Å². The Morgan fingerprint density at radius 3 is 2.17 bits per heavy atom. The van der Waals surface area contributed by atoms with Crippen LogP contribution in [0.25, 0.3) is 0 Å². The second-order valence-corrected chi connectivity index (χ2v) is 11.6. The molecule has 0 heterocycles. The molecule has 100 valence electrons. The van der Waals surface area contributed by atoms with Gasteiger partial charge >= 0.3 is 0 Å². The van der Waals surface area contributed by atoms with Gasteiger partial charge in [0.2, 0.25) is 5.91 Å². The normalized spacial score (nSPS) is 15.1. The third-order valence-corrected chi connectivity index (χ3v) is 5.81. The average molecular weight is 463 g/mol. The van der Waals surface area contributed by atoms with Gasteiger partial charge < -0.3 is 10.3 Å². The van der Waals surface area contributed by atoms with E-state index in [2.05, 4.69) is 47.8 Å². The Labute approximate surface area is 132 Å². The van der Waals surface area contributed by atoms with Crippen LogP contribution in [0.2, 0.25) is 0 Å². The molecule has 1 aromatic rings. The molecule has 1 amide bonds. The van der Waals surface area contributed by atoms with Gasteiger partial charge in [-0.15, -0.1) is 0 Å². The zero-order valence-electron chi connectivity index (χ0n) is 8.94. The fraction of sp³-hybridized carbons (Fsp3) is 0.300. The predicted molar refractivity (Wildman–Crippen MR) is 80.9 cm³/mol. The second-order valence-electron chi connectivity index (χ2n) is 3.56. The van der Waals surface area contributed by atoms with Crippen LogP contribution in [-0.2, 0) is 17.5 Å². The predicted octanol–water partition coefficient (Wildman–Crippen LogP) is 2.41. The Hall–Kier alpha value is 0.240. The lowest BCUT2D eigenvalue weighted by Crippen LogP contribution is -2.31.